The van der Waals surface area contributed by atoms with Crippen LogP contribution in [-0.4, -0.2) is 42.1 Å². The highest BCUT2D eigenvalue weighted by atomic mass is 15.3. The molecular formula is C15H26N4. The molecule has 0 spiro atoms. The fourth-order valence-corrected chi connectivity index (χ4v) is 2.68. The van der Waals surface area contributed by atoms with Gasteiger partial charge in [0.1, 0.15) is 5.82 Å². The van der Waals surface area contributed by atoms with E-state index in [-0.39, 0.29) is 6.04 Å². The molecule has 0 aromatic carbocycles. The molecule has 4 nitrogen and oxygen atoms in total. The zero-order valence-electron chi connectivity index (χ0n) is 12.6. The molecule has 1 fully saturated rings. The second kappa shape index (κ2) is 5.88. The standard InChI is InChI=1S/C15H26N4/c1-11(2)18-7-9-19(10-8-18)15-6-5-14(12(3)16)13(4)17-15/h5-6,11-12H,7-10,16H2,1-4H3/t12-/m1/s1. The van der Waals surface area contributed by atoms with Crippen LogP contribution in [0.5, 0.6) is 0 Å². The van der Waals surface area contributed by atoms with Crippen LogP contribution in [0.25, 0.3) is 0 Å². The third-order valence-electron chi connectivity index (χ3n) is 3.97. The minimum atomic E-state index is 0.0549. The lowest BCUT2D eigenvalue weighted by molar-refractivity contribution is 0.209. The molecule has 2 heterocycles. The van der Waals surface area contributed by atoms with Gasteiger partial charge in [0.05, 0.1) is 0 Å². The van der Waals surface area contributed by atoms with Gasteiger partial charge in [-0.3, -0.25) is 4.90 Å². The van der Waals surface area contributed by atoms with Gasteiger partial charge in [0, 0.05) is 44.0 Å². The van der Waals surface area contributed by atoms with E-state index in [1.54, 1.807) is 0 Å². The summed E-state index contributed by atoms with van der Waals surface area (Å²) in [5, 5.41) is 0. The van der Waals surface area contributed by atoms with Crippen LogP contribution in [0.3, 0.4) is 0 Å². The van der Waals surface area contributed by atoms with Gasteiger partial charge in [0.25, 0.3) is 0 Å². The van der Waals surface area contributed by atoms with E-state index in [2.05, 4.69) is 35.8 Å². The fraction of sp³-hybridized carbons (Fsp3) is 0.667. The summed E-state index contributed by atoms with van der Waals surface area (Å²) in [5.74, 6) is 1.09. The van der Waals surface area contributed by atoms with Crippen molar-refractivity contribution in [2.75, 3.05) is 31.1 Å². The largest absolute Gasteiger partial charge is 0.354 e. The van der Waals surface area contributed by atoms with Crippen molar-refractivity contribution in [3.05, 3.63) is 23.4 Å². The number of rotatable bonds is 3. The Labute approximate surface area is 116 Å². The lowest BCUT2D eigenvalue weighted by atomic mass is 10.1. The van der Waals surface area contributed by atoms with Crippen LogP contribution >= 0.6 is 0 Å². The molecule has 1 aromatic heterocycles. The summed E-state index contributed by atoms with van der Waals surface area (Å²) < 4.78 is 0. The van der Waals surface area contributed by atoms with Crippen LogP contribution in [0.4, 0.5) is 5.82 Å². The van der Waals surface area contributed by atoms with Crippen molar-refractivity contribution >= 4 is 5.82 Å². The smallest absolute Gasteiger partial charge is 0.128 e. The van der Waals surface area contributed by atoms with Gasteiger partial charge >= 0.3 is 0 Å². The maximum atomic E-state index is 5.93. The third kappa shape index (κ3) is 3.25. The fourth-order valence-electron chi connectivity index (χ4n) is 2.68. The Kier molecular flexibility index (Phi) is 4.42. The number of hydrogen-bond donors (Lipinski definition) is 1. The average Bonchev–Trinajstić information content (AvgIpc) is 2.38. The van der Waals surface area contributed by atoms with E-state index < -0.39 is 0 Å². The van der Waals surface area contributed by atoms with Crippen molar-refractivity contribution in [1.82, 2.24) is 9.88 Å². The van der Waals surface area contributed by atoms with Crippen LogP contribution < -0.4 is 10.6 Å². The highest BCUT2D eigenvalue weighted by molar-refractivity contribution is 5.42. The summed E-state index contributed by atoms with van der Waals surface area (Å²) in [6.45, 7) is 12.9. The van der Waals surface area contributed by atoms with Crippen molar-refractivity contribution in [1.29, 1.82) is 0 Å². The molecule has 1 saturated heterocycles. The van der Waals surface area contributed by atoms with Crippen LogP contribution in [0.1, 0.15) is 38.1 Å². The molecular weight excluding hydrogens is 236 g/mol. The van der Waals surface area contributed by atoms with Crippen molar-refractivity contribution in [2.45, 2.75) is 39.8 Å². The van der Waals surface area contributed by atoms with Gasteiger partial charge in [0.15, 0.2) is 0 Å². The number of anilines is 1. The van der Waals surface area contributed by atoms with Crippen molar-refractivity contribution in [3.8, 4) is 0 Å². The van der Waals surface area contributed by atoms with E-state index in [1.807, 2.05) is 13.8 Å². The van der Waals surface area contributed by atoms with Crippen molar-refractivity contribution in [3.63, 3.8) is 0 Å². The van der Waals surface area contributed by atoms with Gasteiger partial charge < -0.3 is 10.6 Å². The number of aromatic nitrogens is 1. The highest BCUT2D eigenvalue weighted by Gasteiger charge is 2.20. The molecule has 2 rings (SSSR count). The van der Waals surface area contributed by atoms with E-state index in [9.17, 15) is 0 Å². The summed E-state index contributed by atoms with van der Waals surface area (Å²) in [7, 11) is 0. The number of nitrogens with two attached hydrogens (primary N) is 1. The number of hydrogen-bond acceptors (Lipinski definition) is 4. The number of pyridine rings is 1. The average molecular weight is 262 g/mol. The van der Waals surface area contributed by atoms with Gasteiger partial charge in [-0.2, -0.15) is 0 Å². The van der Waals surface area contributed by atoms with E-state index >= 15 is 0 Å². The Morgan fingerprint density at radius 3 is 2.21 bits per heavy atom. The molecule has 4 heteroatoms. The predicted octanol–water partition coefficient (Wildman–Crippen LogP) is 1.94. The second-order valence-corrected chi connectivity index (χ2v) is 5.75. The van der Waals surface area contributed by atoms with E-state index in [0.29, 0.717) is 6.04 Å². The van der Waals surface area contributed by atoms with Gasteiger partial charge in [-0.25, -0.2) is 4.98 Å². The Morgan fingerprint density at radius 2 is 1.74 bits per heavy atom. The molecule has 1 aliphatic heterocycles. The first-order valence-electron chi connectivity index (χ1n) is 7.21. The zero-order valence-corrected chi connectivity index (χ0v) is 12.6. The van der Waals surface area contributed by atoms with Crippen LogP contribution in [0.15, 0.2) is 12.1 Å². The molecule has 1 aromatic rings. The molecule has 19 heavy (non-hydrogen) atoms. The maximum Gasteiger partial charge on any atom is 0.128 e. The molecule has 0 unspecified atom stereocenters. The third-order valence-corrected chi connectivity index (χ3v) is 3.97. The Bertz CT molecular complexity index is 420. The first kappa shape index (κ1) is 14.3. The normalized spacial score (nSPS) is 18.9. The van der Waals surface area contributed by atoms with Crippen LogP contribution in [-0.2, 0) is 0 Å². The summed E-state index contributed by atoms with van der Waals surface area (Å²) in [6, 6.07) is 4.92. The maximum absolute atomic E-state index is 5.93. The number of nitrogens with zero attached hydrogens (tertiary/aromatic N) is 3. The zero-order chi connectivity index (χ0) is 14.0. The van der Waals surface area contributed by atoms with E-state index in [0.717, 1.165) is 43.3 Å². The molecule has 2 N–H and O–H groups in total. The second-order valence-electron chi connectivity index (χ2n) is 5.75. The molecule has 0 saturated carbocycles. The summed E-state index contributed by atoms with van der Waals surface area (Å²) in [4.78, 5) is 9.60. The monoisotopic (exact) mass is 262 g/mol. The molecule has 0 bridgehead atoms. The molecule has 0 radical (unpaired) electrons. The summed E-state index contributed by atoms with van der Waals surface area (Å²) in [6.07, 6.45) is 0. The van der Waals surface area contributed by atoms with Gasteiger partial charge in [-0.1, -0.05) is 6.07 Å². The molecule has 0 amide bonds. The minimum absolute atomic E-state index is 0.0549. The van der Waals surface area contributed by atoms with Gasteiger partial charge in [0.2, 0.25) is 0 Å². The highest BCUT2D eigenvalue weighted by Crippen LogP contribution is 2.20. The van der Waals surface area contributed by atoms with E-state index in [4.69, 9.17) is 10.7 Å². The lowest BCUT2D eigenvalue weighted by Gasteiger charge is -2.37. The molecule has 106 valence electrons. The van der Waals surface area contributed by atoms with Crippen LogP contribution in [0, 0.1) is 6.92 Å². The molecule has 0 aliphatic carbocycles. The summed E-state index contributed by atoms with van der Waals surface area (Å²) in [5.41, 5.74) is 8.13. The molecule has 1 aliphatic rings. The topological polar surface area (TPSA) is 45.4 Å². The van der Waals surface area contributed by atoms with Crippen molar-refractivity contribution < 1.29 is 0 Å². The first-order chi connectivity index (χ1) is 8.99. The van der Waals surface area contributed by atoms with Crippen LogP contribution in [0.2, 0.25) is 0 Å². The quantitative estimate of drug-likeness (QED) is 0.904. The Morgan fingerprint density at radius 1 is 1.11 bits per heavy atom. The van der Waals surface area contributed by atoms with Gasteiger partial charge in [-0.15, -0.1) is 0 Å². The SMILES string of the molecule is Cc1nc(N2CCN(C(C)C)CC2)ccc1[C@@H](C)N. The summed E-state index contributed by atoms with van der Waals surface area (Å²) >= 11 is 0. The first-order valence-corrected chi connectivity index (χ1v) is 7.21. The minimum Gasteiger partial charge on any atom is -0.354 e. The lowest BCUT2D eigenvalue weighted by Crippen LogP contribution is -2.49. The number of piperazine rings is 1. The number of aryl methyl sites for hydroxylation is 1. The van der Waals surface area contributed by atoms with Crippen molar-refractivity contribution in [2.24, 2.45) is 5.73 Å². The van der Waals surface area contributed by atoms with Gasteiger partial charge in [-0.05, 0) is 39.3 Å². The Balaban J connectivity index is 2.06. The predicted molar refractivity (Wildman–Crippen MR) is 80.5 cm³/mol. The van der Waals surface area contributed by atoms with E-state index in [1.165, 1.54) is 0 Å². The Hall–Kier alpha value is -1.13. The molecule has 1 atom stereocenters.